The fourth-order valence-corrected chi connectivity index (χ4v) is 3.81. The van der Waals surface area contributed by atoms with E-state index < -0.39 is 5.60 Å². The lowest BCUT2D eigenvalue weighted by Crippen LogP contribution is -2.35. The van der Waals surface area contributed by atoms with Crippen LogP contribution in [0.1, 0.15) is 33.0 Å². The number of hydrogen-bond donors (Lipinski definition) is 1. The molecule has 2 aromatic rings. The first-order valence-electron chi connectivity index (χ1n) is 8.60. The molecule has 9 heteroatoms. The number of carbonyl (C=O) groups excluding carboxylic acids is 1. The standard InChI is InChI=1S/C17H25N5O3S/c1-11-13(6-8-24-11)14-19-20-15(22(14)18)26-10-12-5-7-21(9-12)16(23)25-17(2,3)4/h6,8,12H,5,7,9-10,18H2,1-4H3/t12-/m1/s1. The number of ether oxygens (including phenoxy) is 1. The van der Waals surface area contributed by atoms with Crippen molar-refractivity contribution in [1.82, 2.24) is 19.8 Å². The predicted octanol–water partition coefficient (Wildman–Crippen LogP) is 2.91. The second-order valence-electron chi connectivity index (χ2n) is 7.46. The van der Waals surface area contributed by atoms with Gasteiger partial charge in [-0.05, 0) is 46.1 Å². The molecule has 3 heterocycles. The Morgan fingerprint density at radius 3 is 2.88 bits per heavy atom. The first-order valence-corrected chi connectivity index (χ1v) is 9.59. The van der Waals surface area contributed by atoms with Gasteiger partial charge in [-0.15, -0.1) is 10.2 Å². The zero-order chi connectivity index (χ0) is 18.9. The number of amides is 1. The number of likely N-dealkylation sites (tertiary alicyclic amines) is 1. The van der Waals surface area contributed by atoms with Crippen molar-refractivity contribution in [3.05, 3.63) is 18.1 Å². The topological polar surface area (TPSA) is 99.4 Å². The third-order valence-corrected chi connectivity index (χ3v) is 5.32. The SMILES string of the molecule is Cc1occc1-c1nnc(SC[C@@H]2CCN(C(=O)OC(C)(C)C)C2)n1N. The Balaban J connectivity index is 1.55. The summed E-state index contributed by atoms with van der Waals surface area (Å²) in [6.45, 7) is 8.90. The van der Waals surface area contributed by atoms with E-state index in [2.05, 4.69) is 10.2 Å². The Labute approximate surface area is 157 Å². The maximum atomic E-state index is 12.1. The van der Waals surface area contributed by atoms with Crippen molar-refractivity contribution in [1.29, 1.82) is 0 Å². The number of thioether (sulfide) groups is 1. The summed E-state index contributed by atoms with van der Waals surface area (Å²) in [6, 6.07) is 1.83. The summed E-state index contributed by atoms with van der Waals surface area (Å²) >= 11 is 1.55. The number of carbonyl (C=O) groups is 1. The first-order chi connectivity index (χ1) is 12.2. The summed E-state index contributed by atoms with van der Waals surface area (Å²) in [5, 5.41) is 9.00. The van der Waals surface area contributed by atoms with Crippen LogP contribution < -0.4 is 5.84 Å². The third kappa shape index (κ3) is 4.14. The number of nitrogen functional groups attached to an aromatic ring is 1. The monoisotopic (exact) mass is 379 g/mol. The van der Waals surface area contributed by atoms with Gasteiger partial charge in [-0.2, -0.15) is 0 Å². The summed E-state index contributed by atoms with van der Waals surface area (Å²) in [6.07, 6.45) is 2.30. The number of aryl methyl sites for hydroxylation is 1. The van der Waals surface area contributed by atoms with E-state index in [1.807, 2.05) is 33.8 Å². The predicted molar refractivity (Wildman–Crippen MR) is 99.2 cm³/mol. The molecule has 0 spiro atoms. The molecular weight excluding hydrogens is 354 g/mol. The minimum absolute atomic E-state index is 0.246. The molecule has 0 aromatic carbocycles. The third-order valence-electron chi connectivity index (χ3n) is 4.15. The highest BCUT2D eigenvalue weighted by atomic mass is 32.2. The maximum absolute atomic E-state index is 12.1. The van der Waals surface area contributed by atoms with Crippen LogP contribution in [0.25, 0.3) is 11.4 Å². The van der Waals surface area contributed by atoms with E-state index in [0.717, 1.165) is 30.0 Å². The fraction of sp³-hybridized carbons (Fsp3) is 0.588. The zero-order valence-corrected chi connectivity index (χ0v) is 16.4. The van der Waals surface area contributed by atoms with Crippen molar-refractivity contribution in [3.63, 3.8) is 0 Å². The van der Waals surface area contributed by atoms with Crippen LogP contribution in [0.3, 0.4) is 0 Å². The second kappa shape index (κ2) is 7.22. The average molecular weight is 379 g/mol. The van der Waals surface area contributed by atoms with Crippen molar-refractivity contribution >= 4 is 17.9 Å². The largest absolute Gasteiger partial charge is 0.469 e. The second-order valence-corrected chi connectivity index (χ2v) is 8.45. The summed E-state index contributed by atoms with van der Waals surface area (Å²) in [5.74, 6) is 8.67. The molecule has 8 nitrogen and oxygen atoms in total. The van der Waals surface area contributed by atoms with Crippen LogP contribution >= 0.6 is 11.8 Å². The molecule has 1 fully saturated rings. The number of aromatic nitrogens is 3. The molecule has 0 radical (unpaired) electrons. The molecule has 3 rings (SSSR count). The minimum atomic E-state index is -0.471. The molecule has 1 amide bonds. The van der Waals surface area contributed by atoms with Gasteiger partial charge in [0.1, 0.15) is 11.4 Å². The molecule has 1 aliphatic heterocycles. The van der Waals surface area contributed by atoms with E-state index in [-0.39, 0.29) is 6.09 Å². The smallest absolute Gasteiger partial charge is 0.410 e. The Bertz CT molecular complexity index is 780. The maximum Gasteiger partial charge on any atom is 0.410 e. The minimum Gasteiger partial charge on any atom is -0.469 e. The van der Waals surface area contributed by atoms with Crippen LogP contribution in [-0.2, 0) is 4.74 Å². The van der Waals surface area contributed by atoms with Gasteiger partial charge in [0.15, 0.2) is 5.82 Å². The lowest BCUT2D eigenvalue weighted by Gasteiger charge is -2.24. The summed E-state index contributed by atoms with van der Waals surface area (Å²) in [7, 11) is 0. The zero-order valence-electron chi connectivity index (χ0n) is 15.6. The van der Waals surface area contributed by atoms with Crippen LogP contribution in [0.5, 0.6) is 0 Å². The highest BCUT2D eigenvalue weighted by Crippen LogP contribution is 2.28. The number of nitrogens with zero attached hydrogens (tertiary/aromatic N) is 4. The summed E-state index contributed by atoms with van der Waals surface area (Å²) in [4.78, 5) is 13.9. The lowest BCUT2D eigenvalue weighted by molar-refractivity contribution is 0.0289. The highest BCUT2D eigenvalue weighted by molar-refractivity contribution is 7.99. The molecule has 1 aliphatic rings. The molecule has 1 saturated heterocycles. The van der Waals surface area contributed by atoms with Gasteiger partial charge in [0.05, 0.1) is 11.8 Å². The molecule has 2 N–H and O–H groups in total. The fourth-order valence-electron chi connectivity index (χ4n) is 2.83. The van der Waals surface area contributed by atoms with Gasteiger partial charge >= 0.3 is 6.09 Å². The van der Waals surface area contributed by atoms with Crippen molar-refractivity contribution in [3.8, 4) is 11.4 Å². The van der Waals surface area contributed by atoms with Gasteiger partial charge in [-0.25, -0.2) is 9.47 Å². The van der Waals surface area contributed by atoms with Crippen LogP contribution in [0, 0.1) is 12.8 Å². The summed E-state index contributed by atoms with van der Waals surface area (Å²) < 4.78 is 12.2. The van der Waals surface area contributed by atoms with Crippen LogP contribution in [-0.4, -0.2) is 50.3 Å². The van der Waals surface area contributed by atoms with Crippen molar-refractivity contribution in [2.45, 2.75) is 44.9 Å². The van der Waals surface area contributed by atoms with E-state index in [4.69, 9.17) is 15.0 Å². The molecule has 0 aliphatic carbocycles. The molecule has 26 heavy (non-hydrogen) atoms. The molecule has 0 unspecified atom stereocenters. The molecule has 2 aromatic heterocycles. The van der Waals surface area contributed by atoms with E-state index in [9.17, 15) is 4.79 Å². The van der Waals surface area contributed by atoms with E-state index in [1.165, 1.54) is 4.68 Å². The van der Waals surface area contributed by atoms with Crippen molar-refractivity contribution < 1.29 is 13.9 Å². The Morgan fingerprint density at radius 2 is 2.23 bits per heavy atom. The normalized spacial score (nSPS) is 17.7. The van der Waals surface area contributed by atoms with Gasteiger partial charge in [0.25, 0.3) is 0 Å². The number of furan rings is 1. The van der Waals surface area contributed by atoms with Crippen LogP contribution in [0.2, 0.25) is 0 Å². The van der Waals surface area contributed by atoms with Gasteiger partial charge < -0.3 is 19.9 Å². The summed E-state index contributed by atoms with van der Waals surface area (Å²) in [5.41, 5.74) is 0.366. The number of nitrogens with two attached hydrogens (primary N) is 1. The quantitative estimate of drug-likeness (QED) is 0.644. The van der Waals surface area contributed by atoms with Gasteiger partial charge in [-0.1, -0.05) is 11.8 Å². The van der Waals surface area contributed by atoms with Gasteiger partial charge in [0.2, 0.25) is 5.16 Å². The van der Waals surface area contributed by atoms with Crippen molar-refractivity contribution in [2.24, 2.45) is 5.92 Å². The number of hydrogen-bond acceptors (Lipinski definition) is 7. The van der Waals surface area contributed by atoms with Gasteiger partial charge in [-0.3, -0.25) is 0 Å². The van der Waals surface area contributed by atoms with Crippen molar-refractivity contribution in [2.75, 3.05) is 24.7 Å². The lowest BCUT2D eigenvalue weighted by atomic mass is 10.2. The highest BCUT2D eigenvalue weighted by Gasteiger charge is 2.30. The van der Waals surface area contributed by atoms with Crippen LogP contribution in [0.4, 0.5) is 4.79 Å². The molecule has 1 atom stereocenters. The molecule has 0 bridgehead atoms. The van der Waals surface area contributed by atoms with E-state index in [0.29, 0.717) is 23.4 Å². The molecule has 0 saturated carbocycles. The Morgan fingerprint density at radius 1 is 1.46 bits per heavy atom. The molecule has 142 valence electrons. The van der Waals surface area contributed by atoms with E-state index in [1.54, 1.807) is 22.9 Å². The Kier molecular flexibility index (Phi) is 5.17. The van der Waals surface area contributed by atoms with Crippen LogP contribution in [0.15, 0.2) is 21.9 Å². The Hall–Kier alpha value is -2.16. The molecular formula is C17H25N5O3S. The number of rotatable bonds is 4. The average Bonchev–Trinajstić information content (AvgIpc) is 3.24. The van der Waals surface area contributed by atoms with Gasteiger partial charge in [0, 0.05) is 18.8 Å². The first kappa shape index (κ1) is 18.6. The van der Waals surface area contributed by atoms with E-state index >= 15 is 0 Å².